The predicted octanol–water partition coefficient (Wildman–Crippen LogP) is 1.22. The number of imide groups is 1. The zero-order chi connectivity index (χ0) is 18.4. The maximum Gasteiger partial charge on any atom is 0.573 e. The van der Waals surface area contributed by atoms with Crippen molar-refractivity contribution >= 4 is 17.7 Å². The molecule has 7 nitrogen and oxygen atoms in total. The predicted molar refractivity (Wildman–Crippen MR) is 73.9 cm³/mol. The van der Waals surface area contributed by atoms with Gasteiger partial charge in [-0.25, -0.2) is 0 Å². The quantitative estimate of drug-likeness (QED) is 0.806. The molecule has 1 fully saturated rings. The van der Waals surface area contributed by atoms with E-state index in [1.54, 1.807) is 6.07 Å². The number of alkyl halides is 3. The van der Waals surface area contributed by atoms with E-state index >= 15 is 0 Å². The lowest BCUT2D eigenvalue weighted by Crippen LogP contribution is -2.52. The van der Waals surface area contributed by atoms with Crippen molar-refractivity contribution in [2.45, 2.75) is 31.8 Å². The number of rotatable bonds is 2. The Morgan fingerprint density at radius 3 is 2.60 bits per heavy atom. The third-order valence-corrected chi connectivity index (χ3v) is 3.95. The van der Waals surface area contributed by atoms with Gasteiger partial charge < -0.3 is 9.64 Å². The minimum Gasteiger partial charge on any atom is -0.406 e. The van der Waals surface area contributed by atoms with Crippen molar-refractivity contribution in [2.75, 3.05) is 0 Å². The normalized spacial score (nSPS) is 20.2. The number of hydrogen-bond donors (Lipinski definition) is 1. The van der Waals surface area contributed by atoms with Crippen LogP contribution in [0.5, 0.6) is 5.75 Å². The first-order chi connectivity index (χ1) is 11.7. The molecule has 1 atom stereocenters. The zero-order valence-electron chi connectivity index (χ0n) is 12.5. The van der Waals surface area contributed by atoms with Crippen LogP contribution in [-0.2, 0) is 16.1 Å². The minimum atomic E-state index is -4.94. The fraction of sp³-hybridized carbons (Fsp3) is 0.333. The standard InChI is InChI=1S/C15H10F3N3O4/c16-15(17,18)25-9-3-7(5-19)12-8(4-9)6-21(14(12)24)10-1-2-11(22)20-13(10)23/h3-4,10H,1-2,6H2,(H,20,22,23). The van der Waals surface area contributed by atoms with Gasteiger partial charge in [-0.3, -0.25) is 19.7 Å². The fourth-order valence-corrected chi connectivity index (χ4v) is 2.96. The van der Waals surface area contributed by atoms with E-state index in [0.717, 1.165) is 17.0 Å². The summed E-state index contributed by atoms with van der Waals surface area (Å²) in [4.78, 5) is 36.8. The maximum atomic E-state index is 12.5. The number of halogens is 3. The van der Waals surface area contributed by atoms with Crippen molar-refractivity contribution in [3.05, 3.63) is 28.8 Å². The van der Waals surface area contributed by atoms with E-state index < -0.39 is 35.9 Å². The van der Waals surface area contributed by atoms with Crippen LogP contribution in [0.4, 0.5) is 13.2 Å². The van der Waals surface area contributed by atoms with Gasteiger partial charge in [0, 0.05) is 13.0 Å². The van der Waals surface area contributed by atoms with Crippen LogP contribution in [0.15, 0.2) is 12.1 Å². The number of nitriles is 1. The number of ether oxygens (including phenoxy) is 1. The Bertz CT molecular complexity index is 829. The molecule has 1 unspecified atom stereocenters. The molecule has 0 aliphatic carbocycles. The van der Waals surface area contributed by atoms with E-state index in [0.29, 0.717) is 0 Å². The second-order valence-corrected chi connectivity index (χ2v) is 5.56. The molecule has 0 radical (unpaired) electrons. The second kappa shape index (κ2) is 5.77. The molecule has 1 aromatic rings. The Kier molecular flexibility index (Phi) is 3.87. The van der Waals surface area contributed by atoms with E-state index in [2.05, 4.69) is 10.1 Å². The van der Waals surface area contributed by atoms with Gasteiger partial charge in [0.1, 0.15) is 17.9 Å². The molecular weight excluding hydrogens is 343 g/mol. The third kappa shape index (κ3) is 3.13. The van der Waals surface area contributed by atoms with Crippen LogP contribution < -0.4 is 10.1 Å². The molecule has 10 heteroatoms. The van der Waals surface area contributed by atoms with Crippen molar-refractivity contribution < 1.29 is 32.3 Å². The van der Waals surface area contributed by atoms with Crippen molar-refractivity contribution in [3.8, 4) is 11.8 Å². The first-order valence-electron chi connectivity index (χ1n) is 7.17. The van der Waals surface area contributed by atoms with E-state index in [1.165, 1.54) is 0 Å². The number of fused-ring (bicyclic) bond motifs is 1. The molecule has 1 aromatic carbocycles. The lowest BCUT2D eigenvalue weighted by atomic mass is 10.0. The molecule has 1 N–H and O–H groups in total. The van der Waals surface area contributed by atoms with E-state index in [1.807, 2.05) is 0 Å². The summed E-state index contributed by atoms with van der Waals surface area (Å²) in [5, 5.41) is 11.3. The summed E-state index contributed by atoms with van der Waals surface area (Å²) in [6.07, 6.45) is -4.78. The Balaban J connectivity index is 1.94. The Morgan fingerprint density at radius 1 is 1.28 bits per heavy atom. The highest BCUT2D eigenvalue weighted by molar-refractivity contribution is 6.06. The van der Waals surface area contributed by atoms with Crippen molar-refractivity contribution in [3.63, 3.8) is 0 Å². The lowest BCUT2D eigenvalue weighted by Gasteiger charge is -2.29. The van der Waals surface area contributed by atoms with E-state index in [-0.39, 0.29) is 36.1 Å². The summed E-state index contributed by atoms with van der Waals surface area (Å²) in [6, 6.07) is 2.61. The molecule has 130 valence electrons. The van der Waals surface area contributed by atoms with Crippen LogP contribution in [0.1, 0.15) is 34.3 Å². The number of hydrogen-bond acceptors (Lipinski definition) is 5. The SMILES string of the molecule is N#Cc1cc(OC(F)(F)F)cc2c1C(=O)N(C1CCC(=O)NC1=O)C2. The number of carbonyl (C=O) groups excluding carboxylic acids is 3. The molecule has 2 aliphatic heterocycles. The number of amides is 3. The van der Waals surface area contributed by atoms with Gasteiger partial charge in [-0.1, -0.05) is 0 Å². The van der Waals surface area contributed by atoms with Gasteiger partial charge >= 0.3 is 6.36 Å². The molecule has 2 aliphatic rings. The average Bonchev–Trinajstić information content (AvgIpc) is 2.82. The fourth-order valence-electron chi connectivity index (χ4n) is 2.96. The summed E-state index contributed by atoms with van der Waals surface area (Å²) < 4.78 is 41.0. The van der Waals surface area contributed by atoms with Gasteiger partial charge in [-0.15, -0.1) is 13.2 Å². The monoisotopic (exact) mass is 353 g/mol. The van der Waals surface area contributed by atoms with Gasteiger partial charge in [0.15, 0.2) is 0 Å². The summed E-state index contributed by atoms with van der Waals surface area (Å²) in [6.45, 7) is -0.149. The van der Waals surface area contributed by atoms with Gasteiger partial charge in [0.05, 0.1) is 11.1 Å². The Labute approximate surface area is 139 Å². The number of nitrogens with one attached hydrogen (secondary N) is 1. The van der Waals surface area contributed by atoms with Gasteiger partial charge in [-0.2, -0.15) is 5.26 Å². The van der Waals surface area contributed by atoms with Gasteiger partial charge in [0.2, 0.25) is 11.8 Å². The number of nitrogens with zero attached hydrogens (tertiary/aromatic N) is 2. The summed E-state index contributed by atoms with van der Waals surface area (Å²) in [7, 11) is 0. The minimum absolute atomic E-state index is 0.0457. The lowest BCUT2D eigenvalue weighted by molar-refractivity contribution is -0.274. The molecule has 0 bridgehead atoms. The van der Waals surface area contributed by atoms with E-state index in [4.69, 9.17) is 5.26 Å². The Hall–Kier alpha value is -3.09. The molecule has 0 saturated carbocycles. The maximum absolute atomic E-state index is 12.5. The van der Waals surface area contributed by atoms with Crippen molar-refractivity contribution in [1.29, 1.82) is 5.26 Å². The van der Waals surface area contributed by atoms with Gasteiger partial charge in [-0.05, 0) is 24.1 Å². The smallest absolute Gasteiger partial charge is 0.406 e. The molecule has 0 aromatic heterocycles. The molecule has 25 heavy (non-hydrogen) atoms. The third-order valence-electron chi connectivity index (χ3n) is 3.95. The van der Waals surface area contributed by atoms with Crippen LogP contribution in [-0.4, -0.2) is 35.0 Å². The highest BCUT2D eigenvalue weighted by Gasteiger charge is 2.41. The molecule has 0 spiro atoms. The van der Waals surface area contributed by atoms with E-state index in [9.17, 15) is 27.6 Å². The average molecular weight is 353 g/mol. The van der Waals surface area contributed by atoms with Crippen LogP contribution in [0.2, 0.25) is 0 Å². The molecule has 3 amide bonds. The number of benzene rings is 1. The molecule has 1 saturated heterocycles. The van der Waals surface area contributed by atoms with Crippen LogP contribution in [0.25, 0.3) is 0 Å². The Morgan fingerprint density at radius 2 is 2.00 bits per heavy atom. The molecule has 2 heterocycles. The molecule has 3 rings (SSSR count). The summed E-state index contributed by atoms with van der Waals surface area (Å²) in [5.41, 5.74) is -0.161. The number of piperidine rings is 1. The number of carbonyl (C=O) groups is 3. The second-order valence-electron chi connectivity index (χ2n) is 5.56. The zero-order valence-corrected chi connectivity index (χ0v) is 12.5. The van der Waals surface area contributed by atoms with Gasteiger partial charge in [0.25, 0.3) is 5.91 Å². The van der Waals surface area contributed by atoms with Crippen LogP contribution in [0.3, 0.4) is 0 Å². The highest BCUT2D eigenvalue weighted by Crippen LogP contribution is 2.34. The van der Waals surface area contributed by atoms with Crippen LogP contribution >= 0.6 is 0 Å². The summed E-state index contributed by atoms with van der Waals surface area (Å²) >= 11 is 0. The first kappa shape index (κ1) is 16.8. The van der Waals surface area contributed by atoms with Crippen molar-refractivity contribution in [2.24, 2.45) is 0 Å². The summed E-state index contributed by atoms with van der Waals surface area (Å²) in [5.74, 6) is -2.35. The topological polar surface area (TPSA) is 99.5 Å². The molecular formula is C15H10F3N3O4. The van der Waals surface area contributed by atoms with Crippen molar-refractivity contribution in [1.82, 2.24) is 10.2 Å². The first-order valence-corrected chi connectivity index (χ1v) is 7.17. The highest BCUT2D eigenvalue weighted by atomic mass is 19.4. The largest absolute Gasteiger partial charge is 0.573 e. The van der Waals surface area contributed by atoms with Crippen LogP contribution in [0, 0.1) is 11.3 Å².